The van der Waals surface area contributed by atoms with E-state index in [0.29, 0.717) is 45.4 Å². The molecular weight excluding hydrogens is 505 g/mol. The van der Waals surface area contributed by atoms with E-state index >= 15 is 0 Å². The lowest BCUT2D eigenvalue weighted by atomic mass is 9.78. The summed E-state index contributed by atoms with van der Waals surface area (Å²) in [6.45, 7) is 4.74. The van der Waals surface area contributed by atoms with Gasteiger partial charge in [0.15, 0.2) is 5.75 Å². The van der Waals surface area contributed by atoms with Crippen molar-refractivity contribution in [2.45, 2.75) is 25.9 Å². The van der Waals surface area contributed by atoms with Gasteiger partial charge in [-0.25, -0.2) is 4.21 Å². The summed E-state index contributed by atoms with van der Waals surface area (Å²) in [5.41, 5.74) is 2.92. The Balaban J connectivity index is 1.74. The van der Waals surface area contributed by atoms with Crippen LogP contribution in [0.4, 0.5) is 5.69 Å². The minimum Gasteiger partial charge on any atom is -0.489 e. The van der Waals surface area contributed by atoms with E-state index in [1.165, 1.54) is 6.26 Å². The van der Waals surface area contributed by atoms with E-state index in [9.17, 15) is 4.21 Å². The van der Waals surface area contributed by atoms with Gasteiger partial charge in [0.25, 0.3) is 0 Å². The van der Waals surface area contributed by atoms with Gasteiger partial charge in [-0.05, 0) is 41.3 Å². The highest BCUT2D eigenvalue weighted by atomic mass is 35.5. The third-order valence-corrected chi connectivity index (χ3v) is 6.41. The van der Waals surface area contributed by atoms with Crippen molar-refractivity contribution in [2.24, 2.45) is 0 Å². The van der Waals surface area contributed by atoms with Crippen molar-refractivity contribution in [3.8, 4) is 11.5 Å². The van der Waals surface area contributed by atoms with E-state index in [1.807, 2.05) is 36.4 Å². The monoisotopic (exact) mass is 529 g/mol. The van der Waals surface area contributed by atoms with Crippen LogP contribution in [-0.2, 0) is 21.7 Å². The molecule has 1 heterocycles. The number of ether oxygens (including phenoxy) is 2. The average molecular weight is 531 g/mol. The van der Waals surface area contributed by atoms with Crippen LogP contribution in [0.3, 0.4) is 0 Å². The van der Waals surface area contributed by atoms with Crippen molar-refractivity contribution in [3.63, 3.8) is 0 Å². The smallest absolute Gasteiger partial charge is 0.156 e. The van der Waals surface area contributed by atoms with Crippen LogP contribution in [0.15, 0.2) is 42.6 Å². The van der Waals surface area contributed by atoms with Gasteiger partial charge in [-0.1, -0.05) is 49.2 Å². The van der Waals surface area contributed by atoms with Crippen molar-refractivity contribution in [1.82, 2.24) is 10.2 Å². The standard InChI is InChI=1S/C23H26Cl3N3O3S/c1-23(2,16-11-18(25)22(19(26)12-16)31-10-9-24)15-5-7-17(8-6-15)32-14-21-20(13-27-28-21)29-33(3,4)30/h5-8,11-13H,3,9-10,14H2,1-2,4H3,(H,27,28)(H,29,30). The molecule has 6 nitrogen and oxygen atoms in total. The van der Waals surface area contributed by atoms with E-state index in [2.05, 4.69) is 34.6 Å². The molecule has 1 unspecified atom stereocenters. The summed E-state index contributed by atoms with van der Waals surface area (Å²) >= 11 is 18.5. The van der Waals surface area contributed by atoms with Crippen LogP contribution in [0, 0.1) is 0 Å². The fraction of sp³-hybridized carbons (Fsp3) is 0.304. The maximum Gasteiger partial charge on any atom is 0.156 e. The maximum atomic E-state index is 11.9. The molecule has 0 bridgehead atoms. The fourth-order valence-corrected chi connectivity index (χ4v) is 4.55. The first-order valence-corrected chi connectivity index (χ1v) is 13.5. The minimum absolute atomic E-state index is 0.232. The Hall–Kier alpha value is -2.06. The first-order chi connectivity index (χ1) is 15.5. The van der Waals surface area contributed by atoms with Crippen molar-refractivity contribution < 1.29 is 13.7 Å². The van der Waals surface area contributed by atoms with Crippen LogP contribution in [0.2, 0.25) is 10.0 Å². The molecule has 0 saturated heterocycles. The lowest BCUT2D eigenvalue weighted by molar-refractivity contribution is 0.301. The predicted octanol–water partition coefficient (Wildman–Crippen LogP) is 5.91. The van der Waals surface area contributed by atoms with Gasteiger partial charge in [-0.15, -0.1) is 11.6 Å². The summed E-state index contributed by atoms with van der Waals surface area (Å²) in [6, 6.07) is 11.5. The van der Waals surface area contributed by atoms with E-state index in [1.54, 1.807) is 6.20 Å². The third kappa shape index (κ3) is 6.51. The molecule has 2 aromatic carbocycles. The number of hydrogen-bond donors (Lipinski definition) is 2. The molecule has 178 valence electrons. The second kappa shape index (κ2) is 10.5. The molecule has 0 amide bonds. The fourth-order valence-electron chi connectivity index (χ4n) is 3.23. The van der Waals surface area contributed by atoms with Gasteiger partial charge in [0.05, 0.1) is 33.5 Å². The van der Waals surface area contributed by atoms with Gasteiger partial charge in [-0.3, -0.25) is 5.10 Å². The number of nitrogens with one attached hydrogen (secondary N) is 2. The predicted molar refractivity (Wildman–Crippen MR) is 139 cm³/mol. The van der Waals surface area contributed by atoms with Crippen molar-refractivity contribution in [2.75, 3.05) is 23.5 Å². The number of rotatable bonds is 10. The summed E-state index contributed by atoms with van der Waals surface area (Å²) in [7, 11) is -2.41. The zero-order chi connectivity index (χ0) is 24.2. The lowest BCUT2D eigenvalue weighted by Gasteiger charge is -2.27. The van der Waals surface area contributed by atoms with Gasteiger partial charge in [-0.2, -0.15) is 5.10 Å². The number of H-pyrrole nitrogens is 1. The van der Waals surface area contributed by atoms with Gasteiger partial charge in [0.2, 0.25) is 0 Å². The molecule has 3 rings (SSSR count). The number of hydrogen-bond acceptors (Lipinski definition) is 4. The molecule has 0 aliphatic carbocycles. The van der Waals surface area contributed by atoms with Crippen molar-refractivity contribution in [1.29, 1.82) is 0 Å². The van der Waals surface area contributed by atoms with E-state index < -0.39 is 9.71 Å². The first kappa shape index (κ1) is 25.6. The highest BCUT2D eigenvalue weighted by molar-refractivity contribution is 8.00. The maximum absolute atomic E-state index is 11.9. The van der Waals surface area contributed by atoms with Crippen molar-refractivity contribution in [3.05, 3.63) is 69.5 Å². The zero-order valence-electron chi connectivity index (χ0n) is 18.6. The zero-order valence-corrected chi connectivity index (χ0v) is 21.7. The van der Waals surface area contributed by atoms with E-state index in [4.69, 9.17) is 44.3 Å². The Morgan fingerprint density at radius 1 is 1.12 bits per heavy atom. The van der Waals surface area contributed by atoms with Crippen LogP contribution >= 0.6 is 34.8 Å². The number of alkyl halides is 1. The Morgan fingerprint density at radius 3 is 2.33 bits per heavy atom. The number of nitrogens with zero attached hydrogens (tertiary/aromatic N) is 1. The summed E-state index contributed by atoms with van der Waals surface area (Å²) in [6.07, 6.45) is 3.08. The highest BCUT2D eigenvalue weighted by Gasteiger charge is 2.25. The van der Waals surface area contributed by atoms with Gasteiger partial charge in [0, 0.05) is 21.4 Å². The second-order valence-electron chi connectivity index (χ2n) is 8.11. The van der Waals surface area contributed by atoms with E-state index in [0.717, 1.165) is 11.1 Å². The minimum atomic E-state index is -2.41. The van der Waals surface area contributed by atoms with Gasteiger partial charge in [0.1, 0.15) is 19.0 Å². The SMILES string of the molecule is C=S(C)(=O)Nc1cn[nH]c1COc1ccc(C(C)(C)c2cc(Cl)c(OCCCl)c(Cl)c2)cc1. The number of aromatic nitrogens is 2. The number of aromatic amines is 1. The molecule has 0 spiro atoms. The first-order valence-electron chi connectivity index (χ1n) is 10.0. The van der Waals surface area contributed by atoms with E-state index in [-0.39, 0.29) is 12.0 Å². The van der Waals surface area contributed by atoms with Gasteiger partial charge >= 0.3 is 0 Å². The molecule has 0 aliphatic heterocycles. The molecule has 0 aliphatic rings. The number of anilines is 1. The Morgan fingerprint density at radius 2 is 1.76 bits per heavy atom. The molecule has 0 radical (unpaired) electrons. The number of halogens is 3. The van der Waals surface area contributed by atoms with Crippen LogP contribution in [0.5, 0.6) is 11.5 Å². The molecular formula is C23H26Cl3N3O3S. The second-order valence-corrected chi connectivity index (χ2v) is 11.5. The molecule has 0 saturated carbocycles. The van der Waals surface area contributed by atoms with Crippen LogP contribution in [-0.4, -0.2) is 39.0 Å². The molecule has 2 N–H and O–H groups in total. The quantitative estimate of drug-likeness (QED) is 0.252. The molecule has 33 heavy (non-hydrogen) atoms. The molecule has 0 fully saturated rings. The summed E-state index contributed by atoms with van der Waals surface area (Å²) in [4.78, 5) is 0. The Bertz CT molecular complexity index is 1190. The van der Waals surface area contributed by atoms with Crippen LogP contribution in [0.25, 0.3) is 0 Å². The molecule has 1 atom stereocenters. The number of benzene rings is 2. The summed E-state index contributed by atoms with van der Waals surface area (Å²) in [5, 5.41) is 7.71. The van der Waals surface area contributed by atoms with Crippen LogP contribution in [0.1, 0.15) is 30.7 Å². The van der Waals surface area contributed by atoms with Crippen molar-refractivity contribution >= 4 is 56.1 Å². The lowest BCUT2D eigenvalue weighted by Crippen LogP contribution is -2.19. The highest BCUT2D eigenvalue weighted by Crippen LogP contribution is 2.40. The Kier molecular flexibility index (Phi) is 8.11. The third-order valence-electron chi connectivity index (χ3n) is 5.05. The summed E-state index contributed by atoms with van der Waals surface area (Å²) < 4.78 is 26.2. The normalized spacial score (nSPS) is 13.4. The van der Waals surface area contributed by atoms with Crippen LogP contribution < -0.4 is 14.2 Å². The largest absolute Gasteiger partial charge is 0.489 e. The summed E-state index contributed by atoms with van der Waals surface area (Å²) in [5.74, 6) is 5.07. The average Bonchev–Trinajstić information content (AvgIpc) is 3.17. The molecule has 1 aromatic heterocycles. The van der Waals surface area contributed by atoms with Gasteiger partial charge < -0.3 is 14.2 Å². The topological polar surface area (TPSA) is 76.2 Å². The molecule has 10 heteroatoms. The Labute approximate surface area is 209 Å². The molecule has 3 aromatic rings.